The van der Waals surface area contributed by atoms with Crippen molar-refractivity contribution in [2.24, 2.45) is 7.05 Å². The summed E-state index contributed by atoms with van der Waals surface area (Å²) in [5, 5.41) is 0. The second kappa shape index (κ2) is 6.51. The molecule has 4 nitrogen and oxygen atoms in total. The fraction of sp³-hybridized carbons (Fsp3) is 0.290. The van der Waals surface area contributed by atoms with E-state index in [2.05, 4.69) is 122 Å². The Labute approximate surface area is 206 Å². The summed E-state index contributed by atoms with van der Waals surface area (Å²) >= 11 is 0. The summed E-state index contributed by atoms with van der Waals surface area (Å²) in [6, 6.07) is 21.8. The van der Waals surface area contributed by atoms with E-state index in [9.17, 15) is 0 Å². The largest absolute Gasteiger partial charge is 0.295 e. The second-order valence-electron chi connectivity index (χ2n) is 11.3. The van der Waals surface area contributed by atoms with Crippen LogP contribution >= 0.6 is 0 Å². The number of nitrogens with zero attached hydrogens (tertiary/aromatic N) is 4. The molecule has 2 aliphatic heterocycles. The molecule has 4 heterocycles. The summed E-state index contributed by atoms with van der Waals surface area (Å²) < 4.78 is 7.21. The highest BCUT2D eigenvalue weighted by atomic mass is 15.4. The maximum atomic E-state index is 5.03. The van der Waals surface area contributed by atoms with E-state index in [1.807, 2.05) is 0 Å². The number of aryl methyl sites for hydroxylation is 2. The second-order valence-corrected chi connectivity index (χ2v) is 11.3. The molecule has 0 bridgehead atoms. The highest BCUT2D eigenvalue weighted by Gasteiger charge is 2.53. The Morgan fingerprint density at radius 3 is 2.37 bits per heavy atom. The quantitative estimate of drug-likeness (QED) is 0.273. The Hall–Kier alpha value is -3.66. The predicted molar refractivity (Wildman–Crippen MR) is 141 cm³/mol. The van der Waals surface area contributed by atoms with Crippen LogP contribution < -0.4 is 4.68 Å². The number of hydrogen-bond donors (Lipinski definition) is 0. The third kappa shape index (κ3) is 2.42. The fourth-order valence-electron chi connectivity index (χ4n) is 6.62. The van der Waals surface area contributed by atoms with Gasteiger partial charge in [0.1, 0.15) is 17.2 Å². The minimum Gasteiger partial charge on any atom is -0.295 e. The van der Waals surface area contributed by atoms with Crippen LogP contribution in [0.25, 0.3) is 33.5 Å². The first kappa shape index (κ1) is 20.7. The van der Waals surface area contributed by atoms with Crippen LogP contribution in [0, 0.1) is 6.92 Å². The van der Waals surface area contributed by atoms with Gasteiger partial charge in [-0.2, -0.15) is 0 Å². The summed E-state index contributed by atoms with van der Waals surface area (Å²) in [6.45, 7) is 12.0. The van der Waals surface area contributed by atoms with E-state index in [-0.39, 0.29) is 10.8 Å². The number of benzene rings is 3. The maximum Gasteiger partial charge on any atom is 0.203 e. The molecule has 0 saturated heterocycles. The van der Waals surface area contributed by atoms with Gasteiger partial charge in [0.05, 0.1) is 22.3 Å². The van der Waals surface area contributed by atoms with E-state index in [1.165, 1.54) is 50.4 Å². The lowest BCUT2D eigenvalue weighted by molar-refractivity contribution is -0.745. The molecular weight excluding hydrogens is 428 g/mol. The predicted octanol–water partition coefficient (Wildman–Crippen LogP) is 6.09. The van der Waals surface area contributed by atoms with Gasteiger partial charge in [-0.25, -0.2) is 4.98 Å². The Morgan fingerprint density at radius 1 is 0.886 bits per heavy atom. The first-order valence-electron chi connectivity index (χ1n) is 12.5. The molecule has 174 valence electrons. The summed E-state index contributed by atoms with van der Waals surface area (Å²) in [5.74, 6) is 1.15. The lowest BCUT2D eigenvalue weighted by atomic mass is 9.58. The van der Waals surface area contributed by atoms with Gasteiger partial charge >= 0.3 is 0 Å². The summed E-state index contributed by atoms with van der Waals surface area (Å²) in [7, 11) is 2.18. The third-order valence-corrected chi connectivity index (χ3v) is 8.92. The molecule has 2 aromatic heterocycles. The number of fused-ring (bicyclic) bond motifs is 9. The minimum absolute atomic E-state index is 0.115. The fourth-order valence-corrected chi connectivity index (χ4v) is 6.62. The van der Waals surface area contributed by atoms with Gasteiger partial charge in [-0.05, 0) is 35.7 Å². The smallest absolute Gasteiger partial charge is 0.203 e. The topological polar surface area (TPSA) is 26.6 Å². The Bertz CT molecular complexity index is 1680. The monoisotopic (exact) mass is 459 g/mol. The van der Waals surface area contributed by atoms with Crippen LogP contribution in [0.3, 0.4) is 0 Å². The van der Waals surface area contributed by atoms with E-state index >= 15 is 0 Å². The lowest BCUT2D eigenvalue weighted by Crippen LogP contribution is -2.51. The molecular formula is C31H31N4+. The highest BCUT2D eigenvalue weighted by molar-refractivity contribution is 5.83. The van der Waals surface area contributed by atoms with Crippen molar-refractivity contribution >= 4 is 11.0 Å². The van der Waals surface area contributed by atoms with Gasteiger partial charge < -0.3 is 0 Å². The number of aromatic nitrogens is 4. The lowest BCUT2D eigenvalue weighted by Gasteiger charge is -2.47. The first-order chi connectivity index (χ1) is 16.7. The number of rotatable bonds is 1. The average Bonchev–Trinajstić information content (AvgIpc) is 3.47. The van der Waals surface area contributed by atoms with Crippen LogP contribution in [0.15, 0.2) is 66.9 Å². The van der Waals surface area contributed by atoms with Crippen molar-refractivity contribution < 1.29 is 4.68 Å². The Kier molecular flexibility index (Phi) is 3.85. The van der Waals surface area contributed by atoms with Crippen LogP contribution in [-0.2, 0) is 24.3 Å². The zero-order valence-corrected chi connectivity index (χ0v) is 21.3. The van der Waals surface area contributed by atoms with Crippen LogP contribution in [0.1, 0.15) is 55.9 Å². The van der Waals surface area contributed by atoms with Crippen molar-refractivity contribution in [3.8, 4) is 22.5 Å². The van der Waals surface area contributed by atoms with Crippen molar-refractivity contribution in [3.63, 3.8) is 0 Å². The summed E-state index contributed by atoms with van der Waals surface area (Å²) in [6.07, 6.45) is 3.19. The van der Waals surface area contributed by atoms with E-state index in [0.717, 1.165) is 17.8 Å². The van der Waals surface area contributed by atoms with Crippen LogP contribution in [0.4, 0.5) is 0 Å². The Balaban J connectivity index is 1.64. The molecule has 0 spiro atoms. The molecule has 0 radical (unpaired) electrons. The van der Waals surface area contributed by atoms with Gasteiger partial charge in [0.2, 0.25) is 6.20 Å². The number of imidazole rings is 1. The molecule has 3 aromatic carbocycles. The molecule has 0 saturated carbocycles. The molecule has 5 aromatic rings. The zero-order chi connectivity index (χ0) is 24.3. The summed E-state index contributed by atoms with van der Waals surface area (Å²) in [4.78, 5) is 5.03. The van der Waals surface area contributed by atoms with Gasteiger partial charge in [0, 0.05) is 22.8 Å². The van der Waals surface area contributed by atoms with Crippen molar-refractivity contribution in [2.75, 3.05) is 0 Å². The van der Waals surface area contributed by atoms with Crippen molar-refractivity contribution in [1.82, 2.24) is 14.2 Å². The van der Waals surface area contributed by atoms with Crippen molar-refractivity contribution in [2.45, 2.75) is 51.9 Å². The zero-order valence-electron chi connectivity index (χ0n) is 21.3. The molecule has 0 atom stereocenters. The molecule has 0 N–H and O–H groups in total. The van der Waals surface area contributed by atoms with E-state index in [1.54, 1.807) is 0 Å². The molecule has 4 heteroatoms. The normalized spacial score (nSPS) is 16.6. The van der Waals surface area contributed by atoms with E-state index in [0.29, 0.717) is 0 Å². The van der Waals surface area contributed by atoms with Gasteiger partial charge in [0.25, 0.3) is 0 Å². The molecule has 0 unspecified atom stereocenters. The molecule has 35 heavy (non-hydrogen) atoms. The molecule has 7 rings (SSSR count). The van der Waals surface area contributed by atoms with Gasteiger partial charge in [-0.15, -0.1) is 9.36 Å². The number of hydrogen-bond acceptors (Lipinski definition) is 1. The van der Waals surface area contributed by atoms with Crippen LogP contribution in [0.5, 0.6) is 0 Å². The molecule has 2 aliphatic rings. The van der Waals surface area contributed by atoms with Gasteiger partial charge in [-0.1, -0.05) is 76.2 Å². The minimum atomic E-state index is -0.118. The first-order valence-corrected chi connectivity index (χ1v) is 12.5. The summed E-state index contributed by atoms with van der Waals surface area (Å²) in [5.41, 5.74) is 12.8. The average molecular weight is 460 g/mol. The molecule has 0 aliphatic carbocycles. The Morgan fingerprint density at radius 2 is 1.60 bits per heavy atom. The molecule has 0 amide bonds. The third-order valence-electron chi connectivity index (χ3n) is 8.92. The van der Waals surface area contributed by atoms with Crippen molar-refractivity contribution in [1.29, 1.82) is 0 Å². The van der Waals surface area contributed by atoms with Gasteiger partial charge in [0.15, 0.2) is 7.05 Å². The van der Waals surface area contributed by atoms with Crippen LogP contribution in [-0.4, -0.2) is 14.2 Å². The van der Waals surface area contributed by atoms with Crippen molar-refractivity contribution in [3.05, 3.63) is 95.1 Å². The van der Waals surface area contributed by atoms with Gasteiger partial charge in [-0.3, -0.25) is 4.57 Å². The van der Waals surface area contributed by atoms with Crippen LogP contribution in [0.2, 0.25) is 0 Å². The van der Waals surface area contributed by atoms with E-state index in [4.69, 9.17) is 4.98 Å². The highest BCUT2D eigenvalue weighted by Crippen LogP contribution is 2.56. The van der Waals surface area contributed by atoms with E-state index < -0.39 is 0 Å². The maximum absolute atomic E-state index is 5.03. The number of para-hydroxylation sites is 2. The SMILES string of the molecule is Cc1cc2c(c3c1-n1c(c(-c4ccccc4)c[n+]1C)C(C)(C)C3(C)C)-n1c(nc3ccccc31)C2. The standard InChI is InChI=1S/C31H31N4/c1-19-16-21-17-25-32-23-14-10-11-15-24(23)34(25)28(21)26-27(19)35-29(31(4,5)30(26,2)3)22(18-33(35)6)20-12-8-7-9-13-20/h7-16,18H,17H2,1-6H3/q+1. The molecule has 0 fully saturated rings.